The molecule has 52 heavy (non-hydrogen) atoms. The highest BCUT2D eigenvalue weighted by atomic mass is 16.6. The van der Waals surface area contributed by atoms with Crippen molar-refractivity contribution in [2.45, 2.75) is 78.7 Å². The number of nitriles is 2. The Morgan fingerprint density at radius 3 is 1.29 bits per heavy atom. The van der Waals surface area contributed by atoms with Crippen molar-refractivity contribution in [1.29, 1.82) is 10.5 Å². The van der Waals surface area contributed by atoms with E-state index in [9.17, 15) is 24.9 Å². The Kier molecular flexibility index (Phi) is 20.8. The summed E-state index contributed by atoms with van der Waals surface area (Å²) in [6.07, 6.45) is 0.923. The summed E-state index contributed by atoms with van der Waals surface area (Å²) in [6, 6.07) is 15.1. The maximum atomic E-state index is 13.4. The second-order valence-electron chi connectivity index (χ2n) is 12.4. The number of carbonyl (C=O) groups excluding carboxylic acids is 3. The fourth-order valence-corrected chi connectivity index (χ4v) is 5.09. The number of methoxy groups -OCH3 is 4. The number of rotatable bonds is 20. The molecule has 0 saturated carbocycles. The summed E-state index contributed by atoms with van der Waals surface area (Å²) in [5.41, 5.74) is 1.00. The molecule has 0 aromatic heterocycles. The van der Waals surface area contributed by atoms with E-state index in [4.69, 9.17) is 23.7 Å². The summed E-state index contributed by atoms with van der Waals surface area (Å²) >= 11 is 0. The molecule has 2 aromatic rings. The van der Waals surface area contributed by atoms with E-state index in [-0.39, 0.29) is 76.8 Å². The van der Waals surface area contributed by atoms with E-state index in [0.29, 0.717) is 35.8 Å². The molecule has 0 aliphatic carbocycles. The van der Waals surface area contributed by atoms with E-state index in [1.54, 1.807) is 71.1 Å². The fourth-order valence-electron chi connectivity index (χ4n) is 5.09. The molecule has 0 N–H and O–H groups in total. The highest BCUT2D eigenvalue weighted by Gasteiger charge is 2.25. The van der Waals surface area contributed by atoms with E-state index >= 15 is 0 Å². The van der Waals surface area contributed by atoms with Gasteiger partial charge in [-0.1, -0.05) is 26.0 Å². The van der Waals surface area contributed by atoms with Crippen LogP contribution in [0.4, 0.5) is 4.79 Å². The van der Waals surface area contributed by atoms with Crippen molar-refractivity contribution < 1.29 is 38.1 Å². The second kappa shape index (κ2) is 24.1. The molecule has 0 aliphatic rings. The molecule has 0 heterocycles. The van der Waals surface area contributed by atoms with Crippen LogP contribution in [0.25, 0.3) is 0 Å². The summed E-state index contributed by atoms with van der Waals surface area (Å²) in [6.45, 7) is 10.3. The van der Waals surface area contributed by atoms with Crippen molar-refractivity contribution in [3.63, 3.8) is 0 Å². The Bertz CT molecular complexity index is 1400. The minimum atomic E-state index is -0.777. The Morgan fingerprint density at radius 1 is 0.596 bits per heavy atom. The zero-order chi connectivity index (χ0) is 39.1. The van der Waals surface area contributed by atoms with Crippen molar-refractivity contribution in [2.24, 2.45) is 0 Å². The lowest BCUT2D eigenvalue weighted by Gasteiger charge is -2.32. The van der Waals surface area contributed by atoms with Crippen LogP contribution in [-0.2, 0) is 27.2 Å². The molecule has 0 atom stereocenters. The molecule has 2 aromatic carbocycles. The summed E-state index contributed by atoms with van der Waals surface area (Å²) in [5, 5.41) is 18.5. The summed E-state index contributed by atoms with van der Waals surface area (Å²) < 4.78 is 27.0. The highest BCUT2D eigenvalue weighted by Crippen LogP contribution is 2.29. The van der Waals surface area contributed by atoms with Crippen LogP contribution in [0, 0.1) is 22.7 Å². The predicted molar refractivity (Wildman–Crippen MR) is 199 cm³/mol. The molecule has 286 valence electrons. The number of carbonyl (C=O) groups is 3. The Labute approximate surface area is 309 Å². The molecule has 13 nitrogen and oxygen atoms in total. The van der Waals surface area contributed by atoms with Crippen LogP contribution < -0.4 is 18.9 Å². The lowest BCUT2D eigenvalue weighted by Crippen LogP contribution is -2.47. The smallest absolute Gasteiger partial charge is 0.410 e. The zero-order valence-electron chi connectivity index (χ0n) is 32.5. The number of hydrogen-bond acceptors (Lipinski definition) is 10. The summed E-state index contributed by atoms with van der Waals surface area (Å²) in [5.74, 6) is 1.97. The number of ether oxygens (including phenoxy) is 5. The SMILES string of the molecule is CC.COc1ccc(CCC(=O)N(CCC#N)CCN(CCN(CCC#N)C(=O)CCc2ccc(OC)c(OC)c2)C(=O)OC(C)(C)C)cc1OC. The molecule has 0 spiro atoms. The van der Waals surface area contributed by atoms with E-state index < -0.39 is 11.7 Å². The minimum Gasteiger partial charge on any atom is -0.493 e. The van der Waals surface area contributed by atoms with Gasteiger partial charge in [-0.05, 0) is 69.0 Å². The number of amides is 3. The molecule has 0 fully saturated rings. The van der Waals surface area contributed by atoms with Gasteiger partial charge in [-0.3, -0.25) is 9.59 Å². The monoisotopic (exact) mass is 723 g/mol. The Balaban J connectivity index is 0.00000664. The van der Waals surface area contributed by atoms with Gasteiger partial charge >= 0.3 is 6.09 Å². The molecule has 2 rings (SSSR count). The largest absolute Gasteiger partial charge is 0.493 e. The number of benzene rings is 2. The first-order valence-corrected chi connectivity index (χ1v) is 17.6. The molecule has 0 bridgehead atoms. The maximum absolute atomic E-state index is 13.4. The summed E-state index contributed by atoms with van der Waals surface area (Å²) in [4.78, 5) is 44.7. The van der Waals surface area contributed by atoms with Crippen LogP contribution in [0.1, 0.15) is 71.4 Å². The van der Waals surface area contributed by atoms with Crippen LogP contribution in [0.3, 0.4) is 0 Å². The zero-order valence-corrected chi connectivity index (χ0v) is 32.5. The molecular formula is C39H57N5O8. The van der Waals surface area contributed by atoms with Crippen LogP contribution >= 0.6 is 0 Å². The lowest BCUT2D eigenvalue weighted by atomic mass is 10.1. The molecule has 3 amide bonds. The third kappa shape index (κ3) is 15.8. The quantitative estimate of drug-likeness (QED) is 0.158. The van der Waals surface area contributed by atoms with Crippen molar-refractivity contribution >= 4 is 17.9 Å². The first-order chi connectivity index (χ1) is 24.9. The van der Waals surface area contributed by atoms with Gasteiger partial charge in [0.2, 0.25) is 11.8 Å². The fraction of sp³-hybridized carbons (Fsp3) is 0.564. The average Bonchev–Trinajstić information content (AvgIpc) is 3.14. The van der Waals surface area contributed by atoms with Gasteiger partial charge in [0.25, 0.3) is 0 Å². The molecule has 13 heteroatoms. The summed E-state index contributed by atoms with van der Waals surface area (Å²) in [7, 11) is 6.20. The minimum absolute atomic E-state index is 0.119. The predicted octanol–water partition coefficient (Wildman–Crippen LogP) is 6.03. The number of aryl methyl sites for hydroxylation is 2. The van der Waals surface area contributed by atoms with E-state index in [1.165, 1.54) is 4.90 Å². The second-order valence-corrected chi connectivity index (χ2v) is 12.4. The van der Waals surface area contributed by atoms with Crippen LogP contribution in [0.5, 0.6) is 23.0 Å². The van der Waals surface area contributed by atoms with Gasteiger partial charge in [0.1, 0.15) is 5.60 Å². The van der Waals surface area contributed by atoms with E-state index in [0.717, 1.165) is 11.1 Å². The van der Waals surface area contributed by atoms with Gasteiger partial charge in [0.15, 0.2) is 23.0 Å². The maximum Gasteiger partial charge on any atom is 0.410 e. The molecular weight excluding hydrogens is 666 g/mol. The normalized spacial score (nSPS) is 10.4. The first kappa shape index (κ1) is 44.9. The van der Waals surface area contributed by atoms with Gasteiger partial charge < -0.3 is 38.4 Å². The Hall–Kier alpha value is -5.17. The van der Waals surface area contributed by atoms with Gasteiger partial charge in [0, 0.05) is 52.1 Å². The molecule has 0 aliphatic heterocycles. The van der Waals surface area contributed by atoms with Crippen molar-refractivity contribution in [3.05, 3.63) is 47.5 Å². The molecule has 0 unspecified atom stereocenters. The third-order valence-corrected chi connectivity index (χ3v) is 7.77. The van der Waals surface area contributed by atoms with Crippen LogP contribution in [-0.4, -0.2) is 106 Å². The molecule has 0 radical (unpaired) electrons. The number of hydrogen-bond donors (Lipinski definition) is 0. The average molecular weight is 724 g/mol. The standard InChI is InChI=1S/C37H51N5O8.C2H6/c1-37(2,3)50-36(45)42(24-22-40(20-8-18-38)34(43)16-12-28-10-14-30(46-4)32(26-28)48-6)25-23-41(21-9-19-39)35(44)17-13-29-11-15-31(47-5)33(27-29)49-7;1-2/h10-11,14-15,26-27H,8-9,12-13,16-17,20-25H2,1-7H3;1-2H3. The van der Waals surface area contributed by atoms with Crippen molar-refractivity contribution in [1.82, 2.24) is 14.7 Å². The van der Waals surface area contributed by atoms with Crippen LogP contribution in [0.2, 0.25) is 0 Å². The van der Waals surface area contributed by atoms with Gasteiger partial charge in [-0.15, -0.1) is 0 Å². The highest BCUT2D eigenvalue weighted by molar-refractivity contribution is 5.77. The topological polar surface area (TPSA) is 155 Å². The number of nitrogens with zero attached hydrogens (tertiary/aromatic N) is 5. The van der Waals surface area contributed by atoms with Gasteiger partial charge in [-0.25, -0.2) is 4.79 Å². The first-order valence-electron chi connectivity index (χ1n) is 17.6. The molecule has 0 saturated heterocycles. The lowest BCUT2D eigenvalue weighted by molar-refractivity contribution is -0.131. The van der Waals surface area contributed by atoms with Gasteiger partial charge in [-0.2, -0.15) is 10.5 Å². The third-order valence-electron chi connectivity index (χ3n) is 7.77. The van der Waals surface area contributed by atoms with E-state index in [2.05, 4.69) is 12.1 Å². The Morgan fingerprint density at radius 2 is 0.962 bits per heavy atom. The van der Waals surface area contributed by atoms with Crippen LogP contribution in [0.15, 0.2) is 36.4 Å². The van der Waals surface area contributed by atoms with Gasteiger partial charge in [0.05, 0.1) is 53.4 Å². The van der Waals surface area contributed by atoms with E-state index in [1.807, 2.05) is 38.1 Å². The van der Waals surface area contributed by atoms with Crippen molar-refractivity contribution in [3.8, 4) is 35.1 Å². The van der Waals surface area contributed by atoms with Crippen molar-refractivity contribution in [2.75, 3.05) is 67.7 Å².